The Labute approximate surface area is 183 Å². The number of hydrogen-bond donors (Lipinski definition) is 2. The van der Waals surface area contributed by atoms with Crippen LogP contribution in [0.4, 0.5) is 11.4 Å². The molecule has 7 nitrogen and oxygen atoms in total. The summed E-state index contributed by atoms with van der Waals surface area (Å²) in [4.78, 5) is 26.5. The molecule has 0 aliphatic heterocycles. The summed E-state index contributed by atoms with van der Waals surface area (Å²) < 4.78 is 2.15. The minimum atomic E-state index is -0.471. The summed E-state index contributed by atoms with van der Waals surface area (Å²) in [6.07, 6.45) is 0. The van der Waals surface area contributed by atoms with Gasteiger partial charge in [-0.25, -0.2) is 9.55 Å². The molecule has 0 saturated carbocycles. The highest BCUT2D eigenvalue weighted by atomic mass is 32.2. The third-order valence-corrected chi connectivity index (χ3v) is 5.91. The summed E-state index contributed by atoms with van der Waals surface area (Å²) in [6, 6.07) is 22.6. The van der Waals surface area contributed by atoms with Gasteiger partial charge in [0, 0.05) is 12.1 Å². The molecule has 0 atom stereocenters. The molecule has 0 saturated heterocycles. The van der Waals surface area contributed by atoms with Gasteiger partial charge < -0.3 is 5.32 Å². The van der Waals surface area contributed by atoms with E-state index in [9.17, 15) is 14.9 Å². The van der Waals surface area contributed by atoms with Crippen LogP contribution in [0.5, 0.6) is 0 Å². The van der Waals surface area contributed by atoms with E-state index in [1.165, 1.54) is 23.9 Å². The highest BCUT2D eigenvalue weighted by Gasteiger charge is 2.20. The quantitative estimate of drug-likeness (QED) is 0.195. The molecule has 0 aliphatic rings. The van der Waals surface area contributed by atoms with Crippen molar-refractivity contribution in [2.45, 2.75) is 18.6 Å². The van der Waals surface area contributed by atoms with Crippen molar-refractivity contribution < 1.29 is 14.3 Å². The minimum absolute atomic E-state index is 0.0510. The molecule has 0 bridgehead atoms. The Bertz CT molecular complexity index is 1250. The van der Waals surface area contributed by atoms with Crippen molar-refractivity contribution in [1.29, 1.82) is 0 Å². The molecule has 4 rings (SSSR count). The van der Waals surface area contributed by atoms with Crippen LogP contribution in [0.25, 0.3) is 11.0 Å². The molecule has 1 aromatic heterocycles. The van der Waals surface area contributed by atoms with E-state index >= 15 is 0 Å². The van der Waals surface area contributed by atoms with Crippen LogP contribution >= 0.6 is 11.8 Å². The second-order valence-electron chi connectivity index (χ2n) is 7.11. The largest absolute Gasteiger partial charge is 0.325 e. The van der Waals surface area contributed by atoms with Gasteiger partial charge in [-0.15, -0.1) is 0 Å². The van der Waals surface area contributed by atoms with Gasteiger partial charge in [-0.3, -0.25) is 14.9 Å². The number of carbonyl (C=O) groups excluding carboxylic acids is 1. The number of rotatable bonds is 7. The molecule has 3 aromatic carbocycles. The maximum atomic E-state index is 12.6. The number of H-pyrrole nitrogens is 1. The molecule has 0 aliphatic carbocycles. The number of nitrogens with zero attached hydrogens (tertiary/aromatic N) is 2. The zero-order valence-electron chi connectivity index (χ0n) is 16.9. The van der Waals surface area contributed by atoms with Crippen molar-refractivity contribution in [3.05, 3.63) is 94.0 Å². The third-order valence-electron chi connectivity index (χ3n) is 4.91. The Morgan fingerprint density at radius 1 is 1.10 bits per heavy atom. The maximum absolute atomic E-state index is 12.6. The molecule has 1 heterocycles. The first-order chi connectivity index (χ1) is 15.0. The third kappa shape index (κ3) is 4.75. The summed E-state index contributed by atoms with van der Waals surface area (Å²) in [5, 5.41) is 14.7. The van der Waals surface area contributed by atoms with Gasteiger partial charge in [0.05, 0.1) is 16.4 Å². The molecule has 0 unspecified atom stereocenters. The minimum Gasteiger partial charge on any atom is -0.325 e. The first kappa shape index (κ1) is 20.6. The number of nitro groups is 1. The van der Waals surface area contributed by atoms with Crippen molar-refractivity contribution in [1.82, 2.24) is 4.98 Å². The number of nitrogens with one attached hydrogen (secondary N) is 2. The SMILES string of the molecule is Cc1ccc([N+](=O)[O-])cc1NC(=O)CSc1[nH]c2ccccc2[n+]1Cc1ccccc1. The standard InChI is InChI=1S/C23H20N4O3S/c1-16-11-12-18(27(29)30)13-20(16)24-22(28)15-31-23-25-19-9-5-6-10-21(19)26(23)14-17-7-3-2-4-8-17/h2-13H,14-15H2,1H3,(H,24,28)/p+1. The molecule has 8 heteroatoms. The number of aryl methyl sites for hydroxylation is 1. The van der Waals surface area contributed by atoms with Crippen molar-refractivity contribution in [2.75, 3.05) is 11.1 Å². The smallest absolute Gasteiger partial charge is 0.317 e. The lowest BCUT2D eigenvalue weighted by atomic mass is 10.2. The number of anilines is 1. The number of para-hydroxylation sites is 2. The number of imidazole rings is 1. The van der Waals surface area contributed by atoms with Crippen molar-refractivity contribution in [3.8, 4) is 0 Å². The summed E-state index contributed by atoms with van der Waals surface area (Å²) in [5.41, 5.74) is 4.39. The summed E-state index contributed by atoms with van der Waals surface area (Å²) in [5.74, 6) is -0.0532. The molecule has 0 spiro atoms. The van der Waals surface area contributed by atoms with E-state index in [-0.39, 0.29) is 17.3 Å². The normalized spacial score (nSPS) is 10.9. The Kier molecular flexibility index (Phi) is 5.99. The Hall–Kier alpha value is -3.65. The molecule has 4 aromatic rings. The van der Waals surface area contributed by atoms with Gasteiger partial charge in [0.15, 0.2) is 11.0 Å². The predicted octanol–water partition coefficient (Wildman–Crippen LogP) is 4.45. The monoisotopic (exact) mass is 433 g/mol. The molecule has 2 N–H and O–H groups in total. The topological polar surface area (TPSA) is 91.9 Å². The molecule has 31 heavy (non-hydrogen) atoms. The fraction of sp³-hybridized carbons (Fsp3) is 0.130. The van der Waals surface area contributed by atoms with Crippen molar-refractivity contribution >= 4 is 40.1 Å². The van der Waals surface area contributed by atoms with Crippen molar-refractivity contribution in [3.63, 3.8) is 0 Å². The number of nitro benzene ring substituents is 1. The lowest BCUT2D eigenvalue weighted by Crippen LogP contribution is -2.35. The number of aromatic nitrogens is 2. The average molecular weight is 434 g/mol. The van der Waals surface area contributed by atoms with Gasteiger partial charge in [0.25, 0.3) is 5.69 Å². The van der Waals surface area contributed by atoms with Gasteiger partial charge in [0.1, 0.15) is 6.54 Å². The van der Waals surface area contributed by atoms with Crippen LogP contribution in [0.15, 0.2) is 78.0 Å². The van der Waals surface area contributed by atoms with E-state index < -0.39 is 4.92 Å². The fourth-order valence-electron chi connectivity index (χ4n) is 3.32. The molecule has 1 amide bonds. The Morgan fingerprint density at radius 3 is 2.61 bits per heavy atom. The van der Waals surface area contributed by atoms with Crippen LogP contribution in [0.2, 0.25) is 0 Å². The summed E-state index contributed by atoms with van der Waals surface area (Å²) in [6.45, 7) is 2.48. The van der Waals surface area contributed by atoms with Gasteiger partial charge >= 0.3 is 5.16 Å². The van der Waals surface area contributed by atoms with E-state index in [1.54, 1.807) is 13.0 Å². The lowest BCUT2D eigenvalue weighted by Gasteiger charge is -2.07. The number of thioether (sulfide) groups is 1. The van der Waals surface area contributed by atoms with E-state index in [1.807, 2.05) is 42.5 Å². The van der Waals surface area contributed by atoms with Crippen LogP contribution in [0, 0.1) is 17.0 Å². The molecule has 0 fully saturated rings. The van der Waals surface area contributed by atoms with E-state index in [0.717, 1.165) is 27.3 Å². The van der Waals surface area contributed by atoms with E-state index in [0.29, 0.717) is 12.2 Å². The molecule has 156 valence electrons. The Morgan fingerprint density at radius 2 is 1.84 bits per heavy atom. The predicted molar refractivity (Wildman–Crippen MR) is 121 cm³/mol. The number of amides is 1. The van der Waals surface area contributed by atoms with Gasteiger partial charge in [-0.05, 0) is 41.9 Å². The van der Waals surface area contributed by atoms with Crippen LogP contribution in [0.1, 0.15) is 11.1 Å². The zero-order chi connectivity index (χ0) is 21.8. The first-order valence-electron chi connectivity index (χ1n) is 9.73. The zero-order valence-corrected chi connectivity index (χ0v) is 17.7. The number of aromatic amines is 1. The van der Waals surface area contributed by atoms with Crippen LogP contribution in [-0.4, -0.2) is 21.6 Å². The number of fused-ring (bicyclic) bond motifs is 1. The number of non-ortho nitro benzene ring substituents is 1. The maximum Gasteiger partial charge on any atom is 0.317 e. The highest BCUT2D eigenvalue weighted by molar-refractivity contribution is 7.99. The van der Waals surface area contributed by atoms with Crippen LogP contribution in [-0.2, 0) is 11.3 Å². The first-order valence-corrected chi connectivity index (χ1v) is 10.7. The Balaban J connectivity index is 1.52. The van der Waals surface area contributed by atoms with E-state index in [2.05, 4.69) is 27.0 Å². The number of carbonyl (C=O) groups is 1. The number of benzene rings is 3. The second kappa shape index (κ2) is 9.01. The second-order valence-corrected chi connectivity index (χ2v) is 8.08. The van der Waals surface area contributed by atoms with Gasteiger partial charge in [-0.2, -0.15) is 0 Å². The average Bonchev–Trinajstić information content (AvgIpc) is 3.12. The van der Waals surface area contributed by atoms with Crippen LogP contribution in [0.3, 0.4) is 0 Å². The van der Waals surface area contributed by atoms with Crippen molar-refractivity contribution in [2.24, 2.45) is 0 Å². The van der Waals surface area contributed by atoms with Crippen LogP contribution < -0.4 is 9.88 Å². The fourth-order valence-corrected chi connectivity index (χ4v) is 4.16. The van der Waals surface area contributed by atoms with Gasteiger partial charge in [0.2, 0.25) is 5.91 Å². The summed E-state index contributed by atoms with van der Waals surface area (Å²) >= 11 is 1.40. The number of hydrogen-bond acceptors (Lipinski definition) is 4. The molecular weight excluding hydrogens is 412 g/mol. The lowest BCUT2D eigenvalue weighted by molar-refractivity contribution is -0.700. The highest BCUT2D eigenvalue weighted by Crippen LogP contribution is 2.23. The van der Waals surface area contributed by atoms with Gasteiger partial charge in [-0.1, -0.05) is 48.5 Å². The molecular formula is C23H21N4O3S+. The molecule has 0 radical (unpaired) electrons. The summed E-state index contributed by atoms with van der Waals surface area (Å²) in [7, 11) is 0. The van der Waals surface area contributed by atoms with E-state index in [4.69, 9.17) is 0 Å².